The lowest BCUT2D eigenvalue weighted by Crippen LogP contribution is -2.33. The van der Waals surface area contributed by atoms with Gasteiger partial charge in [-0.05, 0) is 44.3 Å². The van der Waals surface area contributed by atoms with Gasteiger partial charge < -0.3 is 10.2 Å². The Bertz CT molecular complexity index is 165. The van der Waals surface area contributed by atoms with Crippen LogP contribution in [0.15, 0.2) is 0 Å². The van der Waals surface area contributed by atoms with Crippen LogP contribution in [-0.4, -0.2) is 37.1 Å². The average molecular weight is 182 g/mol. The van der Waals surface area contributed by atoms with Crippen LogP contribution in [-0.2, 0) is 0 Å². The van der Waals surface area contributed by atoms with E-state index in [4.69, 9.17) is 0 Å². The lowest BCUT2D eigenvalue weighted by atomic mass is 9.97. The van der Waals surface area contributed by atoms with Gasteiger partial charge in [-0.1, -0.05) is 13.8 Å². The Labute approximate surface area is 81.7 Å². The molecule has 0 bridgehead atoms. The minimum Gasteiger partial charge on any atom is -0.316 e. The number of nitrogens with zero attached hydrogens (tertiary/aromatic N) is 1. The van der Waals surface area contributed by atoms with E-state index in [1.54, 1.807) is 0 Å². The second-order valence-corrected chi connectivity index (χ2v) is 4.71. The lowest BCUT2D eigenvalue weighted by Gasteiger charge is -2.25. The van der Waals surface area contributed by atoms with Crippen LogP contribution in [0.4, 0.5) is 0 Å². The normalized spacial score (nSPS) is 34.4. The van der Waals surface area contributed by atoms with Crippen molar-refractivity contribution in [3.63, 3.8) is 0 Å². The molecule has 13 heavy (non-hydrogen) atoms. The van der Waals surface area contributed by atoms with E-state index in [0.29, 0.717) is 0 Å². The van der Waals surface area contributed by atoms with Crippen molar-refractivity contribution in [1.29, 1.82) is 0 Å². The van der Waals surface area contributed by atoms with Gasteiger partial charge in [0.1, 0.15) is 0 Å². The topological polar surface area (TPSA) is 15.3 Å². The number of nitrogens with one attached hydrogen (secondary N) is 1. The van der Waals surface area contributed by atoms with Crippen molar-refractivity contribution >= 4 is 0 Å². The van der Waals surface area contributed by atoms with Crippen molar-refractivity contribution in [3.8, 4) is 0 Å². The van der Waals surface area contributed by atoms with E-state index < -0.39 is 0 Å². The fraction of sp³-hybridized carbons (Fsp3) is 1.00. The summed E-state index contributed by atoms with van der Waals surface area (Å²) >= 11 is 0. The molecular weight excluding hydrogens is 160 g/mol. The van der Waals surface area contributed by atoms with Crippen molar-refractivity contribution in [2.45, 2.75) is 32.7 Å². The maximum atomic E-state index is 3.48. The average Bonchev–Trinajstić information content (AvgIpc) is 2.88. The first-order valence-corrected chi connectivity index (χ1v) is 5.76. The zero-order chi connectivity index (χ0) is 9.26. The minimum absolute atomic E-state index is 0.882. The van der Waals surface area contributed by atoms with E-state index in [1.165, 1.54) is 39.0 Å². The summed E-state index contributed by atoms with van der Waals surface area (Å²) in [6.45, 7) is 9.72. The highest BCUT2D eigenvalue weighted by Crippen LogP contribution is 2.28. The monoisotopic (exact) mass is 182 g/mol. The van der Waals surface area contributed by atoms with Crippen molar-refractivity contribution in [1.82, 2.24) is 10.2 Å². The summed E-state index contributed by atoms with van der Waals surface area (Å²) in [7, 11) is 0. The number of hydrogen-bond donors (Lipinski definition) is 1. The van der Waals surface area contributed by atoms with Crippen LogP contribution >= 0.6 is 0 Å². The van der Waals surface area contributed by atoms with E-state index in [-0.39, 0.29) is 0 Å². The summed E-state index contributed by atoms with van der Waals surface area (Å²) < 4.78 is 0. The van der Waals surface area contributed by atoms with E-state index >= 15 is 0 Å². The van der Waals surface area contributed by atoms with Crippen molar-refractivity contribution < 1.29 is 0 Å². The Morgan fingerprint density at radius 1 is 1.31 bits per heavy atom. The number of hydrogen-bond acceptors (Lipinski definition) is 2. The Hall–Kier alpha value is -0.0800. The first-order chi connectivity index (χ1) is 6.31. The lowest BCUT2D eigenvalue weighted by molar-refractivity contribution is 0.219. The Balaban J connectivity index is 1.80. The summed E-state index contributed by atoms with van der Waals surface area (Å²) in [6.07, 6.45) is 2.89. The first-order valence-electron chi connectivity index (χ1n) is 5.76. The van der Waals surface area contributed by atoms with Gasteiger partial charge in [0, 0.05) is 12.6 Å². The van der Waals surface area contributed by atoms with Crippen LogP contribution in [0.3, 0.4) is 0 Å². The molecule has 1 saturated heterocycles. The molecule has 1 heterocycles. The van der Waals surface area contributed by atoms with Crippen molar-refractivity contribution in [2.24, 2.45) is 11.8 Å². The van der Waals surface area contributed by atoms with E-state index in [0.717, 1.165) is 17.9 Å². The van der Waals surface area contributed by atoms with Crippen LogP contribution in [0.2, 0.25) is 0 Å². The summed E-state index contributed by atoms with van der Waals surface area (Å²) in [5.74, 6) is 1.79. The van der Waals surface area contributed by atoms with Gasteiger partial charge in [0.05, 0.1) is 0 Å². The second kappa shape index (κ2) is 3.97. The van der Waals surface area contributed by atoms with Gasteiger partial charge >= 0.3 is 0 Å². The molecule has 1 aliphatic carbocycles. The van der Waals surface area contributed by atoms with E-state index in [9.17, 15) is 0 Å². The minimum atomic E-state index is 0.882. The van der Waals surface area contributed by atoms with Gasteiger partial charge in [-0.15, -0.1) is 0 Å². The number of rotatable bonds is 4. The van der Waals surface area contributed by atoms with Gasteiger partial charge in [0.15, 0.2) is 0 Å². The Kier molecular flexibility index (Phi) is 2.89. The van der Waals surface area contributed by atoms with Crippen LogP contribution in [0.1, 0.15) is 26.7 Å². The zero-order valence-electron chi connectivity index (χ0n) is 8.92. The molecule has 2 atom stereocenters. The fourth-order valence-corrected chi connectivity index (χ4v) is 2.39. The van der Waals surface area contributed by atoms with E-state index in [2.05, 4.69) is 24.1 Å². The first kappa shape index (κ1) is 9.47. The molecule has 0 spiro atoms. The molecule has 2 rings (SSSR count). The van der Waals surface area contributed by atoms with E-state index in [1.807, 2.05) is 0 Å². The Morgan fingerprint density at radius 2 is 2.08 bits per heavy atom. The van der Waals surface area contributed by atoms with Crippen LogP contribution in [0, 0.1) is 11.8 Å². The van der Waals surface area contributed by atoms with Gasteiger partial charge in [-0.2, -0.15) is 0 Å². The maximum absolute atomic E-state index is 3.48. The molecule has 2 aliphatic rings. The highest BCUT2D eigenvalue weighted by molar-refractivity contribution is 4.88. The summed E-state index contributed by atoms with van der Waals surface area (Å²) in [5, 5.41) is 3.48. The highest BCUT2D eigenvalue weighted by Gasteiger charge is 2.32. The molecule has 2 nitrogen and oxygen atoms in total. The molecule has 1 saturated carbocycles. The van der Waals surface area contributed by atoms with Crippen molar-refractivity contribution in [2.75, 3.05) is 26.2 Å². The molecule has 1 N–H and O–H groups in total. The molecule has 2 unspecified atom stereocenters. The quantitative estimate of drug-likeness (QED) is 0.705. The molecule has 0 aromatic heterocycles. The van der Waals surface area contributed by atoms with Crippen molar-refractivity contribution in [3.05, 3.63) is 0 Å². The van der Waals surface area contributed by atoms with Gasteiger partial charge in [0.2, 0.25) is 0 Å². The Morgan fingerprint density at radius 3 is 2.54 bits per heavy atom. The third kappa shape index (κ3) is 2.23. The van der Waals surface area contributed by atoms with Crippen LogP contribution in [0.5, 0.6) is 0 Å². The van der Waals surface area contributed by atoms with Gasteiger partial charge in [0.25, 0.3) is 0 Å². The van der Waals surface area contributed by atoms with Gasteiger partial charge in [-0.3, -0.25) is 0 Å². The van der Waals surface area contributed by atoms with Crippen LogP contribution < -0.4 is 5.32 Å². The molecule has 0 amide bonds. The molecule has 2 heteroatoms. The smallest absolute Gasteiger partial charge is 0.00964 e. The molecule has 0 aromatic carbocycles. The molecule has 2 fully saturated rings. The third-order valence-corrected chi connectivity index (χ3v) is 3.62. The summed E-state index contributed by atoms with van der Waals surface area (Å²) in [6, 6.07) is 0.942. The highest BCUT2D eigenvalue weighted by atomic mass is 15.2. The van der Waals surface area contributed by atoms with Gasteiger partial charge in [-0.25, -0.2) is 0 Å². The summed E-state index contributed by atoms with van der Waals surface area (Å²) in [4.78, 5) is 2.67. The fourth-order valence-electron chi connectivity index (χ4n) is 2.39. The molecule has 0 aromatic rings. The molecule has 76 valence electrons. The SMILES string of the molecule is CCN(CC1CNCC1C)C1CC1. The second-order valence-electron chi connectivity index (χ2n) is 4.71. The van der Waals surface area contributed by atoms with Crippen LogP contribution in [0.25, 0.3) is 0 Å². The standard InChI is InChI=1S/C11H22N2/c1-3-13(11-4-5-11)8-10-7-12-6-9(10)2/h9-12H,3-8H2,1-2H3. The largest absolute Gasteiger partial charge is 0.316 e. The molecule has 0 radical (unpaired) electrons. The maximum Gasteiger partial charge on any atom is 0.00964 e. The molecular formula is C11H22N2. The molecule has 1 aliphatic heterocycles. The predicted octanol–water partition coefficient (Wildman–Crippen LogP) is 1.33. The predicted molar refractivity (Wildman–Crippen MR) is 55.8 cm³/mol. The summed E-state index contributed by atoms with van der Waals surface area (Å²) in [5.41, 5.74) is 0. The third-order valence-electron chi connectivity index (χ3n) is 3.62. The zero-order valence-corrected chi connectivity index (χ0v) is 8.92.